The molecule has 4 bridgehead atoms. The van der Waals surface area contributed by atoms with Gasteiger partial charge in [-0.25, -0.2) is 4.79 Å². The number of methoxy groups -OCH3 is 1. The first kappa shape index (κ1) is 29.2. The van der Waals surface area contributed by atoms with Gasteiger partial charge in [-0.05, 0) is 127 Å². The van der Waals surface area contributed by atoms with Crippen molar-refractivity contribution in [3.8, 4) is 16.9 Å². The van der Waals surface area contributed by atoms with Crippen LogP contribution in [-0.2, 0) is 19.6 Å². The van der Waals surface area contributed by atoms with E-state index in [9.17, 15) is 4.79 Å². The molecule has 5 heteroatoms. The van der Waals surface area contributed by atoms with Gasteiger partial charge >= 0.3 is 5.97 Å². The fraction of sp³-hybridized carbons (Fsp3) is 0.541. The molecule has 0 spiro atoms. The predicted octanol–water partition coefficient (Wildman–Crippen LogP) is 9.06. The van der Waals surface area contributed by atoms with Crippen molar-refractivity contribution in [1.82, 2.24) is 0 Å². The Kier molecular flexibility index (Phi) is 8.88. The van der Waals surface area contributed by atoms with Crippen molar-refractivity contribution in [3.63, 3.8) is 0 Å². The maximum Gasteiger partial charge on any atom is 0.338 e. The zero-order valence-electron chi connectivity index (χ0n) is 25.5. The summed E-state index contributed by atoms with van der Waals surface area (Å²) in [7, 11) is 1.65. The van der Waals surface area contributed by atoms with Crippen molar-refractivity contribution in [3.05, 3.63) is 65.7 Å². The molecule has 4 aliphatic rings. The number of carbonyl (C=O) groups excluding carboxylic acids is 1. The molecule has 0 saturated heterocycles. The van der Waals surface area contributed by atoms with Crippen molar-refractivity contribution >= 4 is 16.7 Å². The third-order valence-electron chi connectivity index (χ3n) is 10.1. The minimum absolute atomic E-state index is 0.172. The second-order valence-electron chi connectivity index (χ2n) is 13.1. The van der Waals surface area contributed by atoms with Gasteiger partial charge in [-0.3, -0.25) is 0 Å². The first-order chi connectivity index (χ1) is 20.5. The molecule has 4 fully saturated rings. The van der Waals surface area contributed by atoms with Gasteiger partial charge in [0.25, 0.3) is 0 Å². The lowest BCUT2D eigenvalue weighted by molar-refractivity contribution is -0.150. The van der Waals surface area contributed by atoms with Crippen molar-refractivity contribution < 1.29 is 23.7 Å². The van der Waals surface area contributed by atoms with E-state index >= 15 is 0 Å². The van der Waals surface area contributed by atoms with E-state index in [1.54, 1.807) is 7.11 Å². The Morgan fingerprint density at radius 3 is 2.21 bits per heavy atom. The smallest absolute Gasteiger partial charge is 0.338 e. The highest BCUT2D eigenvalue weighted by Gasteiger charge is 2.52. The number of esters is 1. The van der Waals surface area contributed by atoms with E-state index < -0.39 is 0 Å². The maximum absolute atomic E-state index is 12.5. The van der Waals surface area contributed by atoms with Crippen LogP contribution in [0.2, 0.25) is 0 Å². The molecule has 0 heterocycles. The average Bonchev–Trinajstić information content (AvgIpc) is 2.99. The molecule has 5 nitrogen and oxygen atoms in total. The molecule has 0 amide bonds. The molecule has 1 unspecified atom stereocenters. The Bertz CT molecular complexity index is 1340. The Hall–Kier alpha value is -2.89. The second kappa shape index (κ2) is 12.8. The summed E-state index contributed by atoms with van der Waals surface area (Å²) in [4.78, 5) is 12.5. The molecule has 0 aliphatic heterocycles. The lowest BCUT2D eigenvalue weighted by Gasteiger charge is -2.57. The highest BCUT2D eigenvalue weighted by molar-refractivity contribution is 5.92. The van der Waals surface area contributed by atoms with Gasteiger partial charge in [0.05, 0.1) is 12.2 Å². The number of rotatable bonds is 13. The van der Waals surface area contributed by atoms with E-state index in [4.69, 9.17) is 18.9 Å². The van der Waals surface area contributed by atoms with Gasteiger partial charge in [0, 0.05) is 12.7 Å². The van der Waals surface area contributed by atoms with Gasteiger partial charge in [-0.2, -0.15) is 0 Å². The van der Waals surface area contributed by atoms with Gasteiger partial charge in [-0.1, -0.05) is 50.5 Å². The zero-order chi connectivity index (χ0) is 29.1. The van der Waals surface area contributed by atoms with E-state index in [-0.39, 0.29) is 24.5 Å². The Morgan fingerprint density at radius 1 is 0.857 bits per heavy atom. The van der Waals surface area contributed by atoms with Gasteiger partial charge in [0.15, 0.2) is 13.1 Å². The lowest BCUT2D eigenvalue weighted by atomic mass is 9.48. The summed E-state index contributed by atoms with van der Waals surface area (Å²) < 4.78 is 22.9. The van der Waals surface area contributed by atoms with E-state index in [1.165, 1.54) is 62.3 Å². The van der Waals surface area contributed by atoms with Crippen LogP contribution in [0, 0.1) is 17.8 Å². The lowest BCUT2D eigenvalue weighted by Crippen LogP contribution is -2.48. The van der Waals surface area contributed by atoms with E-state index in [0.29, 0.717) is 12.2 Å². The molecule has 42 heavy (non-hydrogen) atoms. The van der Waals surface area contributed by atoms with Crippen molar-refractivity contribution in [2.75, 3.05) is 20.5 Å². The van der Waals surface area contributed by atoms with E-state index in [2.05, 4.69) is 37.3 Å². The van der Waals surface area contributed by atoms with Gasteiger partial charge in [-0.15, -0.1) is 0 Å². The minimum atomic E-state index is -0.310. The largest absolute Gasteiger partial charge is 0.467 e. The first-order valence-corrected chi connectivity index (χ1v) is 16.1. The van der Waals surface area contributed by atoms with Crippen molar-refractivity contribution in [2.24, 2.45) is 17.8 Å². The summed E-state index contributed by atoms with van der Waals surface area (Å²) in [6.07, 6.45) is 12.1. The first-order valence-electron chi connectivity index (χ1n) is 16.1. The van der Waals surface area contributed by atoms with Crippen LogP contribution in [0.15, 0.2) is 54.6 Å². The zero-order valence-corrected chi connectivity index (χ0v) is 25.5. The van der Waals surface area contributed by atoms with Gasteiger partial charge in [0.2, 0.25) is 0 Å². The standard InChI is InChI=1S/C37H46O5/c1-4-5-6-7-14-40-36(38)30-10-8-29(9-11-30)31-12-13-32-20-35(42-24-41-25(2)39-3)34(19-33(32)18-31)37-21-26-15-27(22-37)17-28(16-26)23-37/h8-13,18-20,25-28H,4-7,14-17,21-24H2,1-3H3. The number of hydrogen-bond acceptors (Lipinski definition) is 5. The molecule has 224 valence electrons. The number of benzene rings is 3. The van der Waals surface area contributed by atoms with Crippen LogP contribution in [0.5, 0.6) is 5.75 Å². The van der Waals surface area contributed by atoms with Crippen LogP contribution < -0.4 is 4.74 Å². The van der Waals surface area contributed by atoms with Gasteiger partial charge < -0.3 is 18.9 Å². The summed E-state index contributed by atoms with van der Waals surface area (Å²) in [5, 5.41) is 2.39. The molecule has 3 aromatic carbocycles. The highest BCUT2D eigenvalue weighted by Crippen LogP contribution is 2.62. The predicted molar refractivity (Wildman–Crippen MR) is 167 cm³/mol. The quantitative estimate of drug-likeness (QED) is 0.117. The summed E-state index contributed by atoms with van der Waals surface area (Å²) in [5.74, 6) is 3.25. The Labute approximate surface area is 250 Å². The number of hydrogen-bond donors (Lipinski definition) is 0. The van der Waals surface area contributed by atoms with Crippen LogP contribution in [-0.4, -0.2) is 32.8 Å². The van der Waals surface area contributed by atoms with Crippen LogP contribution in [0.1, 0.15) is 94.0 Å². The van der Waals surface area contributed by atoms with Crippen molar-refractivity contribution in [2.45, 2.75) is 89.8 Å². The molecule has 3 aromatic rings. The summed E-state index contributed by atoms with van der Waals surface area (Å²) in [6.45, 7) is 4.72. The van der Waals surface area contributed by atoms with Crippen LogP contribution >= 0.6 is 0 Å². The third-order valence-corrected chi connectivity index (χ3v) is 10.1. The molecule has 1 atom stereocenters. The molecule has 4 saturated carbocycles. The Balaban J connectivity index is 1.26. The average molecular weight is 571 g/mol. The summed E-state index contributed by atoms with van der Waals surface area (Å²) >= 11 is 0. The number of fused-ring (bicyclic) bond motifs is 1. The molecule has 0 N–H and O–H groups in total. The number of unbranched alkanes of at least 4 members (excludes halogenated alkanes) is 3. The minimum Gasteiger partial charge on any atom is -0.467 e. The van der Waals surface area contributed by atoms with Crippen LogP contribution in [0.25, 0.3) is 21.9 Å². The summed E-state index contributed by atoms with van der Waals surface area (Å²) in [5.41, 5.74) is 4.39. The van der Waals surface area contributed by atoms with Crippen LogP contribution in [0.4, 0.5) is 0 Å². The maximum atomic E-state index is 12.5. The second-order valence-corrected chi connectivity index (χ2v) is 13.1. The van der Waals surface area contributed by atoms with E-state index in [0.717, 1.165) is 52.9 Å². The normalized spacial score (nSPS) is 25.1. The van der Waals surface area contributed by atoms with Crippen LogP contribution in [0.3, 0.4) is 0 Å². The molecule has 7 rings (SSSR count). The topological polar surface area (TPSA) is 54.0 Å². The highest BCUT2D eigenvalue weighted by atomic mass is 16.7. The fourth-order valence-electron chi connectivity index (χ4n) is 8.27. The SMILES string of the molecule is CCCCCCOC(=O)c1ccc(-c2ccc3cc(OCOC(C)OC)c(C45CC6CC(CC(C6)C4)C5)cc3c2)cc1. The summed E-state index contributed by atoms with van der Waals surface area (Å²) in [6, 6.07) is 19.1. The van der Waals surface area contributed by atoms with Crippen molar-refractivity contribution in [1.29, 1.82) is 0 Å². The Morgan fingerprint density at radius 2 is 1.55 bits per heavy atom. The fourth-order valence-corrected chi connectivity index (χ4v) is 8.27. The molecule has 4 aliphatic carbocycles. The number of ether oxygens (including phenoxy) is 4. The number of carbonyl (C=O) groups is 1. The molecule has 0 radical (unpaired) electrons. The molecular weight excluding hydrogens is 524 g/mol. The molecular formula is C37H46O5. The van der Waals surface area contributed by atoms with Gasteiger partial charge in [0.1, 0.15) is 5.75 Å². The molecule has 0 aromatic heterocycles. The monoisotopic (exact) mass is 570 g/mol. The van der Waals surface area contributed by atoms with E-state index in [1.807, 2.05) is 31.2 Å². The third kappa shape index (κ3) is 6.23.